The number of carbonyl (C=O) groups excluding carboxylic acids is 1. The van der Waals surface area contributed by atoms with Crippen LogP contribution in [0.1, 0.15) is 16.1 Å². The van der Waals surface area contributed by atoms with Crippen molar-refractivity contribution in [3.05, 3.63) is 47.9 Å². The van der Waals surface area contributed by atoms with Crippen molar-refractivity contribution >= 4 is 11.7 Å². The van der Waals surface area contributed by atoms with Crippen LogP contribution in [0.2, 0.25) is 0 Å². The molecular formula is C17H22N6O2. The zero-order valence-electron chi connectivity index (χ0n) is 14.0. The number of hydrogen-bond acceptors (Lipinski definition) is 7. The van der Waals surface area contributed by atoms with Gasteiger partial charge in [0.1, 0.15) is 5.82 Å². The molecule has 1 aliphatic rings. The molecule has 3 heterocycles. The number of nitrogens with zero attached hydrogens (tertiary/aromatic N) is 4. The number of nitrogens with one attached hydrogen (secondary N) is 2. The molecule has 3 rings (SSSR count). The van der Waals surface area contributed by atoms with Crippen molar-refractivity contribution < 1.29 is 9.53 Å². The predicted octanol–water partition coefficient (Wildman–Crippen LogP) is 0.546. The fraction of sp³-hybridized carbons (Fsp3) is 0.412. The van der Waals surface area contributed by atoms with Crippen molar-refractivity contribution in [2.24, 2.45) is 0 Å². The Morgan fingerprint density at radius 2 is 2.08 bits per heavy atom. The van der Waals surface area contributed by atoms with Gasteiger partial charge in [-0.3, -0.25) is 14.7 Å². The summed E-state index contributed by atoms with van der Waals surface area (Å²) in [6.45, 7) is 5.34. The summed E-state index contributed by atoms with van der Waals surface area (Å²) in [6, 6.07) is 7.28. The third kappa shape index (κ3) is 5.47. The van der Waals surface area contributed by atoms with Crippen molar-refractivity contribution in [1.29, 1.82) is 0 Å². The van der Waals surface area contributed by atoms with Gasteiger partial charge in [-0.2, -0.15) is 0 Å². The number of hydrogen-bond donors (Lipinski definition) is 2. The number of aromatic nitrogens is 3. The van der Waals surface area contributed by atoms with E-state index in [-0.39, 0.29) is 5.91 Å². The van der Waals surface area contributed by atoms with E-state index in [0.29, 0.717) is 24.6 Å². The van der Waals surface area contributed by atoms with Gasteiger partial charge in [0.05, 0.1) is 13.2 Å². The molecule has 0 unspecified atom stereocenters. The SMILES string of the molecule is O=C(NCCN1CCOCC1)c1ccc(NCc2cccnc2)nn1. The van der Waals surface area contributed by atoms with Crippen LogP contribution in [-0.2, 0) is 11.3 Å². The second kappa shape index (κ2) is 9.05. The normalized spacial score (nSPS) is 14.9. The van der Waals surface area contributed by atoms with Crippen LogP contribution >= 0.6 is 0 Å². The van der Waals surface area contributed by atoms with Crippen LogP contribution in [0.25, 0.3) is 0 Å². The molecule has 0 radical (unpaired) electrons. The lowest BCUT2D eigenvalue weighted by Crippen LogP contribution is -2.41. The lowest BCUT2D eigenvalue weighted by atomic mass is 10.3. The molecular weight excluding hydrogens is 320 g/mol. The number of ether oxygens (including phenoxy) is 1. The number of carbonyl (C=O) groups is 1. The second-order valence-electron chi connectivity index (χ2n) is 5.73. The molecule has 0 aromatic carbocycles. The summed E-state index contributed by atoms with van der Waals surface area (Å²) in [4.78, 5) is 18.4. The summed E-state index contributed by atoms with van der Waals surface area (Å²) in [5.74, 6) is 0.410. The number of morpholine rings is 1. The zero-order valence-corrected chi connectivity index (χ0v) is 14.0. The van der Waals surface area contributed by atoms with Crippen molar-refractivity contribution in [3.63, 3.8) is 0 Å². The lowest BCUT2D eigenvalue weighted by Gasteiger charge is -2.26. The maximum atomic E-state index is 12.1. The van der Waals surface area contributed by atoms with Crippen molar-refractivity contribution in [3.8, 4) is 0 Å². The molecule has 0 saturated carbocycles. The quantitative estimate of drug-likeness (QED) is 0.759. The maximum absolute atomic E-state index is 12.1. The number of anilines is 1. The van der Waals surface area contributed by atoms with E-state index in [4.69, 9.17) is 4.74 Å². The summed E-state index contributed by atoms with van der Waals surface area (Å²) < 4.78 is 5.30. The molecule has 8 heteroatoms. The van der Waals surface area contributed by atoms with Gasteiger partial charge in [0, 0.05) is 45.1 Å². The van der Waals surface area contributed by atoms with E-state index in [2.05, 4.69) is 30.7 Å². The summed E-state index contributed by atoms with van der Waals surface area (Å²) >= 11 is 0. The lowest BCUT2D eigenvalue weighted by molar-refractivity contribution is 0.0383. The van der Waals surface area contributed by atoms with Crippen LogP contribution in [0.4, 0.5) is 5.82 Å². The molecule has 0 bridgehead atoms. The molecule has 132 valence electrons. The third-order valence-corrected chi connectivity index (χ3v) is 3.91. The topological polar surface area (TPSA) is 92.3 Å². The fourth-order valence-corrected chi connectivity index (χ4v) is 2.49. The third-order valence-electron chi connectivity index (χ3n) is 3.91. The Morgan fingerprint density at radius 3 is 2.80 bits per heavy atom. The highest BCUT2D eigenvalue weighted by molar-refractivity contribution is 5.92. The second-order valence-corrected chi connectivity index (χ2v) is 5.73. The summed E-state index contributed by atoms with van der Waals surface area (Å²) in [5.41, 5.74) is 1.36. The molecule has 2 N–H and O–H groups in total. The highest BCUT2D eigenvalue weighted by Gasteiger charge is 2.11. The molecule has 0 atom stereocenters. The first kappa shape index (κ1) is 17.2. The van der Waals surface area contributed by atoms with Crippen molar-refractivity contribution in [2.45, 2.75) is 6.54 Å². The van der Waals surface area contributed by atoms with Gasteiger partial charge >= 0.3 is 0 Å². The average Bonchev–Trinajstić information content (AvgIpc) is 2.68. The number of pyridine rings is 1. The Bertz CT molecular complexity index is 659. The largest absolute Gasteiger partial charge is 0.379 e. The van der Waals surface area contributed by atoms with Crippen LogP contribution in [-0.4, -0.2) is 65.4 Å². The summed E-state index contributed by atoms with van der Waals surface area (Å²) in [6.07, 6.45) is 3.52. The molecule has 25 heavy (non-hydrogen) atoms. The first-order valence-electron chi connectivity index (χ1n) is 8.36. The van der Waals surface area contributed by atoms with E-state index in [0.717, 1.165) is 38.4 Å². The predicted molar refractivity (Wildman–Crippen MR) is 93.2 cm³/mol. The first-order valence-corrected chi connectivity index (χ1v) is 8.36. The van der Waals surface area contributed by atoms with E-state index in [1.54, 1.807) is 24.5 Å². The minimum absolute atomic E-state index is 0.209. The average molecular weight is 342 g/mol. The molecule has 1 fully saturated rings. The van der Waals surface area contributed by atoms with E-state index in [9.17, 15) is 4.79 Å². The van der Waals surface area contributed by atoms with Crippen LogP contribution in [0.15, 0.2) is 36.7 Å². The monoisotopic (exact) mass is 342 g/mol. The van der Waals surface area contributed by atoms with Gasteiger partial charge in [0.2, 0.25) is 0 Å². The minimum atomic E-state index is -0.209. The van der Waals surface area contributed by atoms with Crippen molar-refractivity contribution in [2.75, 3.05) is 44.7 Å². The molecule has 1 amide bonds. The van der Waals surface area contributed by atoms with E-state index in [1.807, 2.05) is 12.1 Å². The van der Waals surface area contributed by atoms with Gasteiger partial charge in [-0.05, 0) is 23.8 Å². The zero-order chi connectivity index (χ0) is 17.3. The first-order chi connectivity index (χ1) is 12.3. The van der Waals surface area contributed by atoms with Crippen molar-refractivity contribution in [1.82, 2.24) is 25.4 Å². The fourth-order valence-electron chi connectivity index (χ4n) is 2.49. The van der Waals surface area contributed by atoms with Crippen LogP contribution in [0, 0.1) is 0 Å². The summed E-state index contributed by atoms with van der Waals surface area (Å²) in [5, 5.41) is 14.0. The Hall–Kier alpha value is -2.58. The van der Waals surface area contributed by atoms with Crippen LogP contribution in [0.3, 0.4) is 0 Å². The number of amides is 1. The van der Waals surface area contributed by atoms with E-state index < -0.39 is 0 Å². The Kier molecular flexibility index (Phi) is 6.24. The van der Waals surface area contributed by atoms with Gasteiger partial charge in [-0.25, -0.2) is 0 Å². The molecule has 0 aliphatic carbocycles. The standard InChI is InChI=1S/C17H22N6O2/c24-17(19-6-7-23-8-10-25-11-9-23)15-3-4-16(22-21-15)20-13-14-2-1-5-18-12-14/h1-5,12H,6-11,13H2,(H,19,24)(H,20,22). The Balaban J connectivity index is 1.42. The molecule has 0 spiro atoms. The number of rotatable bonds is 7. The van der Waals surface area contributed by atoms with Gasteiger partial charge in [0.25, 0.3) is 5.91 Å². The minimum Gasteiger partial charge on any atom is -0.379 e. The van der Waals surface area contributed by atoms with Gasteiger partial charge in [-0.1, -0.05) is 6.07 Å². The molecule has 8 nitrogen and oxygen atoms in total. The van der Waals surface area contributed by atoms with E-state index in [1.165, 1.54) is 0 Å². The molecule has 2 aromatic rings. The van der Waals surface area contributed by atoms with Gasteiger partial charge in [0.15, 0.2) is 5.69 Å². The van der Waals surface area contributed by atoms with Crippen LogP contribution < -0.4 is 10.6 Å². The Morgan fingerprint density at radius 1 is 1.20 bits per heavy atom. The smallest absolute Gasteiger partial charge is 0.271 e. The highest BCUT2D eigenvalue weighted by atomic mass is 16.5. The Labute approximate surface area is 146 Å². The van der Waals surface area contributed by atoms with Crippen LogP contribution in [0.5, 0.6) is 0 Å². The van der Waals surface area contributed by atoms with Gasteiger partial charge in [-0.15, -0.1) is 10.2 Å². The highest BCUT2D eigenvalue weighted by Crippen LogP contribution is 2.05. The van der Waals surface area contributed by atoms with Gasteiger partial charge < -0.3 is 15.4 Å². The molecule has 1 saturated heterocycles. The van der Waals surface area contributed by atoms with E-state index >= 15 is 0 Å². The molecule has 1 aliphatic heterocycles. The maximum Gasteiger partial charge on any atom is 0.271 e. The summed E-state index contributed by atoms with van der Waals surface area (Å²) in [7, 11) is 0. The molecule has 2 aromatic heterocycles.